The zero-order chi connectivity index (χ0) is 18.8. The molecule has 0 saturated heterocycles. The Hall–Kier alpha value is -2.57. The lowest BCUT2D eigenvalue weighted by Crippen LogP contribution is -2.09. The Bertz CT molecular complexity index is 947. The second-order valence-electron chi connectivity index (χ2n) is 5.68. The molecule has 6 nitrogen and oxygen atoms in total. The summed E-state index contributed by atoms with van der Waals surface area (Å²) in [6.45, 7) is 0. The zero-order valence-electron chi connectivity index (χ0n) is 13.4. The molecule has 3 rings (SSSR count). The van der Waals surface area contributed by atoms with Crippen molar-refractivity contribution in [3.63, 3.8) is 0 Å². The molecule has 8 heteroatoms. The number of nitrogens with zero attached hydrogens (tertiary/aromatic N) is 2. The van der Waals surface area contributed by atoms with E-state index in [0.717, 1.165) is 0 Å². The number of hydrogen-bond acceptors (Lipinski definition) is 3. The van der Waals surface area contributed by atoms with Gasteiger partial charge in [0, 0.05) is 5.56 Å². The van der Waals surface area contributed by atoms with Crippen molar-refractivity contribution < 1.29 is 19.8 Å². The number of halogens is 2. The number of allylic oxidation sites excluding steroid dienone is 4. The molecule has 0 amide bonds. The van der Waals surface area contributed by atoms with Crippen LogP contribution in [0.3, 0.4) is 0 Å². The summed E-state index contributed by atoms with van der Waals surface area (Å²) < 4.78 is 1.38. The van der Waals surface area contributed by atoms with Gasteiger partial charge in [0.05, 0.1) is 28.2 Å². The van der Waals surface area contributed by atoms with Crippen molar-refractivity contribution in [2.75, 3.05) is 0 Å². The number of benzene rings is 1. The van der Waals surface area contributed by atoms with Crippen molar-refractivity contribution in [3.05, 3.63) is 64.5 Å². The lowest BCUT2D eigenvalue weighted by atomic mass is 9.98. The fourth-order valence-corrected chi connectivity index (χ4v) is 3.18. The topological polar surface area (TPSA) is 92.4 Å². The number of rotatable bonds is 5. The first-order valence-electron chi connectivity index (χ1n) is 7.73. The van der Waals surface area contributed by atoms with Crippen LogP contribution in [0.2, 0.25) is 5.02 Å². The predicted molar refractivity (Wildman–Crippen MR) is 98.2 cm³/mol. The van der Waals surface area contributed by atoms with Gasteiger partial charge in [-0.05, 0) is 24.1 Å². The maximum Gasteiger partial charge on any atom is 0.356 e. The Morgan fingerprint density at radius 3 is 2.58 bits per heavy atom. The van der Waals surface area contributed by atoms with E-state index in [2.05, 4.69) is 5.10 Å². The highest BCUT2D eigenvalue weighted by molar-refractivity contribution is 6.32. The quantitative estimate of drug-likeness (QED) is 0.754. The first kappa shape index (κ1) is 18.2. The van der Waals surface area contributed by atoms with Crippen LogP contribution in [0.25, 0.3) is 11.3 Å². The average molecular weight is 393 g/mol. The summed E-state index contributed by atoms with van der Waals surface area (Å²) >= 11 is 12.3. The van der Waals surface area contributed by atoms with Gasteiger partial charge in [-0.25, -0.2) is 9.48 Å². The molecule has 1 aromatic carbocycles. The third-order valence-corrected chi connectivity index (χ3v) is 4.56. The smallest absolute Gasteiger partial charge is 0.356 e. The number of carboxylic acids is 2. The molecular weight excluding hydrogens is 379 g/mol. The van der Waals surface area contributed by atoms with E-state index in [1.807, 2.05) is 6.08 Å². The lowest BCUT2D eigenvalue weighted by Gasteiger charge is -2.15. The van der Waals surface area contributed by atoms with Crippen LogP contribution in [0.15, 0.2) is 42.5 Å². The molecule has 1 heterocycles. The van der Waals surface area contributed by atoms with Crippen LogP contribution in [0.5, 0.6) is 0 Å². The van der Waals surface area contributed by atoms with Gasteiger partial charge in [0.25, 0.3) is 0 Å². The van der Waals surface area contributed by atoms with Gasteiger partial charge in [0.2, 0.25) is 0 Å². The van der Waals surface area contributed by atoms with Gasteiger partial charge >= 0.3 is 11.9 Å². The van der Waals surface area contributed by atoms with Crippen LogP contribution in [0.4, 0.5) is 0 Å². The molecule has 1 aliphatic carbocycles. The molecule has 0 aliphatic heterocycles. The van der Waals surface area contributed by atoms with E-state index in [1.54, 1.807) is 36.4 Å². The van der Waals surface area contributed by atoms with E-state index < -0.39 is 18.4 Å². The molecule has 1 aromatic heterocycles. The van der Waals surface area contributed by atoms with Gasteiger partial charge in [-0.2, -0.15) is 5.10 Å². The monoisotopic (exact) mass is 392 g/mol. The van der Waals surface area contributed by atoms with Gasteiger partial charge in [-0.1, -0.05) is 42.0 Å². The van der Waals surface area contributed by atoms with Crippen molar-refractivity contribution in [2.24, 2.45) is 0 Å². The van der Waals surface area contributed by atoms with E-state index in [4.69, 9.17) is 23.2 Å². The van der Waals surface area contributed by atoms with E-state index in [9.17, 15) is 19.8 Å². The summed E-state index contributed by atoms with van der Waals surface area (Å²) in [6.07, 6.45) is 5.40. The number of carboxylic acid groups (broad SMARTS) is 2. The third-order valence-electron chi connectivity index (χ3n) is 3.92. The van der Waals surface area contributed by atoms with Crippen molar-refractivity contribution in [1.29, 1.82) is 0 Å². The van der Waals surface area contributed by atoms with Crippen LogP contribution >= 0.6 is 23.2 Å². The van der Waals surface area contributed by atoms with E-state index >= 15 is 0 Å². The Balaban J connectivity index is 2.30. The highest BCUT2D eigenvalue weighted by Crippen LogP contribution is 2.32. The molecule has 0 bridgehead atoms. The largest absolute Gasteiger partial charge is 0.481 e. The van der Waals surface area contributed by atoms with E-state index in [-0.39, 0.29) is 16.6 Å². The van der Waals surface area contributed by atoms with Gasteiger partial charge < -0.3 is 10.2 Å². The molecular formula is C18H14Cl2N2O4. The predicted octanol–water partition coefficient (Wildman–Crippen LogP) is 3.80. The minimum atomic E-state index is -1.30. The number of aromatic nitrogens is 2. The van der Waals surface area contributed by atoms with Crippen molar-refractivity contribution >= 4 is 40.7 Å². The van der Waals surface area contributed by atoms with Crippen LogP contribution in [0.1, 0.15) is 28.2 Å². The highest BCUT2D eigenvalue weighted by atomic mass is 35.5. The van der Waals surface area contributed by atoms with Crippen LogP contribution in [0, 0.1) is 0 Å². The van der Waals surface area contributed by atoms with Crippen LogP contribution in [-0.4, -0.2) is 37.3 Å². The third kappa shape index (κ3) is 3.52. The summed E-state index contributed by atoms with van der Waals surface area (Å²) in [5.41, 5.74) is 1.31. The normalized spacial score (nSPS) is 16.4. The standard InChI is InChI=1S/C18H14Cl2N2O4/c19-11-7-5-10(6-8-11)17-12(9-15(23)24)16(18(25)26)21-22(17)14-4-2-1-3-13(14)20/h1-7,11H,8-9H2,(H,23,24)(H,25,26). The maximum atomic E-state index is 11.7. The molecule has 2 aromatic rings. The fraction of sp³-hybridized carbons (Fsp3) is 0.167. The van der Waals surface area contributed by atoms with Crippen molar-refractivity contribution in [2.45, 2.75) is 18.2 Å². The SMILES string of the molecule is O=C(O)Cc1c(C(=O)O)nn(-c2ccccc2Cl)c1C1=CCC(Cl)C=C1. The molecule has 0 saturated carbocycles. The zero-order valence-corrected chi connectivity index (χ0v) is 14.9. The Morgan fingerprint density at radius 2 is 2.00 bits per heavy atom. The van der Waals surface area contributed by atoms with Gasteiger partial charge in [0.15, 0.2) is 5.69 Å². The number of para-hydroxylation sites is 1. The molecule has 0 radical (unpaired) electrons. The molecule has 26 heavy (non-hydrogen) atoms. The van der Waals surface area contributed by atoms with Crippen molar-refractivity contribution in [1.82, 2.24) is 9.78 Å². The summed E-state index contributed by atoms with van der Waals surface area (Å²) in [7, 11) is 0. The second kappa shape index (κ2) is 7.35. The number of aromatic carboxylic acids is 1. The molecule has 134 valence electrons. The van der Waals surface area contributed by atoms with E-state index in [0.29, 0.717) is 28.4 Å². The molecule has 1 unspecified atom stereocenters. The van der Waals surface area contributed by atoms with Gasteiger partial charge in [0.1, 0.15) is 0 Å². The second-order valence-corrected chi connectivity index (χ2v) is 6.65. The van der Waals surface area contributed by atoms with Crippen LogP contribution in [-0.2, 0) is 11.2 Å². The Labute approximate surface area is 159 Å². The Kier molecular flexibility index (Phi) is 5.15. The lowest BCUT2D eigenvalue weighted by molar-refractivity contribution is -0.136. The van der Waals surface area contributed by atoms with Crippen molar-refractivity contribution in [3.8, 4) is 5.69 Å². The summed E-state index contributed by atoms with van der Waals surface area (Å²) in [4.78, 5) is 23.0. The summed E-state index contributed by atoms with van der Waals surface area (Å²) in [5.74, 6) is -2.45. The summed E-state index contributed by atoms with van der Waals surface area (Å²) in [5, 5.41) is 23.1. The van der Waals surface area contributed by atoms with Gasteiger partial charge in [-0.15, -0.1) is 11.6 Å². The number of hydrogen-bond donors (Lipinski definition) is 2. The minimum absolute atomic E-state index is 0.119. The maximum absolute atomic E-state index is 11.7. The van der Waals surface area contributed by atoms with Gasteiger partial charge in [-0.3, -0.25) is 4.79 Å². The fourth-order valence-electron chi connectivity index (χ4n) is 2.81. The first-order chi connectivity index (χ1) is 12.4. The number of alkyl halides is 1. The Morgan fingerprint density at radius 1 is 1.27 bits per heavy atom. The van der Waals surface area contributed by atoms with E-state index in [1.165, 1.54) is 4.68 Å². The molecule has 0 spiro atoms. The number of aliphatic carboxylic acids is 1. The first-order valence-corrected chi connectivity index (χ1v) is 8.54. The van der Waals surface area contributed by atoms with Crippen LogP contribution < -0.4 is 0 Å². The average Bonchev–Trinajstić information content (AvgIpc) is 2.94. The number of carbonyl (C=O) groups is 2. The minimum Gasteiger partial charge on any atom is -0.481 e. The molecule has 1 atom stereocenters. The summed E-state index contributed by atoms with van der Waals surface area (Å²) in [6, 6.07) is 6.82. The molecule has 1 aliphatic rings. The molecule has 2 N–H and O–H groups in total. The highest BCUT2D eigenvalue weighted by Gasteiger charge is 2.27. The molecule has 0 fully saturated rings.